The van der Waals surface area contributed by atoms with Crippen LogP contribution in [0.5, 0.6) is 0 Å². The molecule has 2 fully saturated rings. The van der Waals surface area contributed by atoms with Crippen LogP contribution >= 0.6 is 0 Å². The third kappa shape index (κ3) is 3.71. The average Bonchev–Trinajstić information content (AvgIpc) is 2.38. The Labute approximate surface area is 113 Å². The van der Waals surface area contributed by atoms with Crippen molar-refractivity contribution in [2.45, 2.75) is 77.3 Å². The van der Waals surface area contributed by atoms with Gasteiger partial charge in [-0.25, -0.2) is 0 Å². The molecule has 0 aromatic rings. The highest BCUT2D eigenvalue weighted by molar-refractivity contribution is 4.87. The van der Waals surface area contributed by atoms with Crippen LogP contribution in [0.3, 0.4) is 0 Å². The van der Waals surface area contributed by atoms with Gasteiger partial charge in [-0.15, -0.1) is 0 Å². The molecule has 0 radical (unpaired) electrons. The van der Waals surface area contributed by atoms with E-state index in [9.17, 15) is 0 Å². The molecular formula is C16H32N2. The molecule has 0 aromatic carbocycles. The minimum atomic E-state index is 0.682. The Kier molecular flexibility index (Phi) is 5.50. The smallest absolute Gasteiger partial charge is 0.0221 e. The first-order chi connectivity index (χ1) is 8.70. The second-order valence-electron chi connectivity index (χ2n) is 6.94. The molecule has 0 amide bonds. The first-order valence-electron chi connectivity index (χ1n) is 8.16. The van der Waals surface area contributed by atoms with Gasteiger partial charge >= 0.3 is 0 Å². The minimum Gasteiger partial charge on any atom is -0.329 e. The molecule has 0 spiro atoms. The van der Waals surface area contributed by atoms with E-state index in [4.69, 9.17) is 5.73 Å². The summed E-state index contributed by atoms with van der Waals surface area (Å²) < 4.78 is 0. The highest BCUT2D eigenvalue weighted by Gasteiger charge is 2.31. The van der Waals surface area contributed by atoms with Crippen LogP contribution in [0.25, 0.3) is 0 Å². The molecule has 2 N–H and O–H groups in total. The summed E-state index contributed by atoms with van der Waals surface area (Å²) in [5.74, 6) is 1.84. The maximum Gasteiger partial charge on any atom is 0.0221 e. The zero-order chi connectivity index (χ0) is 13.0. The van der Waals surface area contributed by atoms with Gasteiger partial charge in [0, 0.05) is 18.6 Å². The van der Waals surface area contributed by atoms with Crippen molar-refractivity contribution in [1.29, 1.82) is 0 Å². The Balaban J connectivity index is 1.90. The van der Waals surface area contributed by atoms with Gasteiger partial charge in [-0.2, -0.15) is 0 Å². The van der Waals surface area contributed by atoms with E-state index in [0.29, 0.717) is 6.04 Å². The summed E-state index contributed by atoms with van der Waals surface area (Å²) in [4.78, 5) is 2.77. The van der Waals surface area contributed by atoms with E-state index in [0.717, 1.165) is 24.4 Å². The molecule has 2 nitrogen and oxygen atoms in total. The average molecular weight is 252 g/mol. The van der Waals surface area contributed by atoms with E-state index in [1.165, 1.54) is 57.9 Å². The van der Waals surface area contributed by atoms with Crippen molar-refractivity contribution in [3.05, 3.63) is 0 Å². The van der Waals surface area contributed by atoms with E-state index in [2.05, 4.69) is 18.7 Å². The van der Waals surface area contributed by atoms with Gasteiger partial charge in [-0.3, -0.25) is 4.90 Å². The minimum absolute atomic E-state index is 0.682. The van der Waals surface area contributed by atoms with Gasteiger partial charge in [-0.05, 0) is 50.5 Å². The highest BCUT2D eigenvalue weighted by Crippen LogP contribution is 2.34. The van der Waals surface area contributed by atoms with Crippen LogP contribution < -0.4 is 5.73 Å². The van der Waals surface area contributed by atoms with Crippen molar-refractivity contribution >= 4 is 0 Å². The zero-order valence-electron chi connectivity index (χ0n) is 12.4. The fraction of sp³-hybridized carbons (Fsp3) is 1.00. The fourth-order valence-corrected chi connectivity index (χ4v) is 4.20. The molecule has 1 aliphatic heterocycles. The summed E-state index contributed by atoms with van der Waals surface area (Å²) >= 11 is 0. The molecule has 2 aliphatic rings. The van der Waals surface area contributed by atoms with Crippen LogP contribution in [0.2, 0.25) is 0 Å². The Morgan fingerprint density at radius 2 is 1.94 bits per heavy atom. The molecule has 18 heavy (non-hydrogen) atoms. The Morgan fingerprint density at radius 3 is 2.67 bits per heavy atom. The molecule has 2 heteroatoms. The molecule has 2 rings (SSSR count). The number of rotatable bonds is 4. The van der Waals surface area contributed by atoms with Gasteiger partial charge in [-0.1, -0.05) is 33.1 Å². The second-order valence-corrected chi connectivity index (χ2v) is 6.94. The zero-order valence-corrected chi connectivity index (χ0v) is 12.4. The van der Waals surface area contributed by atoms with E-state index < -0.39 is 0 Å². The van der Waals surface area contributed by atoms with Crippen molar-refractivity contribution in [2.24, 2.45) is 17.6 Å². The molecule has 1 saturated heterocycles. The summed E-state index contributed by atoms with van der Waals surface area (Å²) in [7, 11) is 0. The summed E-state index contributed by atoms with van der Waals surface area (Å²) in [6.07, 6.45) is 11.3. The quantitative estimate of drug-likeness (QED) is 0.831. The molecule has 1 saturated carbocycles. The first-order valence-corrected chi connectivity index (χ1v) is 8.16. The normalized spacial score (nSPS) is 35.0. The highest BCUT2D eigenvalue weighted by atomic mass is 15.2. The molecule has 1 aliphatic carbocycles. The maximum absolute atomic E-state index is 5.97. The molecule has 0 bridgehead atoms. The van der Waals surface area contributed by atoms with Crippen LogP contribution in [0.15, 0.2) is 0 Å². The van der Waals surface area contributed by atoms with Crippen LogP contribution in [0.4, 0.5) is 0 Å². The molecule has 3 atom stereocenters. The third-order valence-electron chi connectivity index (χ3n) is 4.97. The first kappa shape index (κ1) is 14.3. The Morgan fingerprint density at radius 1 is 1.11 bits per heavy atom. The van der Waals surface area contributed by atoms with Gasteiger partial charge < -0.3 is 5.73 Å². The number of piperidine rings is 1. The van der Waals surface area contributed by atoms with Crippen molar-refractivity contribution in [3.8, 4) is 0 Å². The van der Waals surface area contributed by atoms with E-state index in [1.54, 1.807) is 0 Å². The van der Waals surface area contributed by atoms with Gasteiger partial charge in [0.1, 0.15) is 0 Å². The summed E-state index contributed by atoms with van der Waals surface area (Å²) in [5.41, 5.74) is 5.97. The van der Waals surface area contributed by atoms with Gasteiger partial charge in [0.25, 0.3) is 0 Å². The van der Waals surface area contributed by atoms with E-state index in [-0.39, 0.29) is 0 Å². The van der Waals surface area contributed by atoms with Crippen LogP contribution in [-0.2, 0) is 0 Å². The number of nitrogens with zero attached hydrogens (tertiary/aromatic N) is 1. The number of likely N-dealkylation sites (tertiary alicyclic amines) is 1. The van der Waals surface area contributed by atoms with Crippen molar-refractivity contribution in [3.63, 3.8) is 0 Å². The molecule has 3 unspecified atom stereocenters. The number of hydrogen-bond donors (Lipinski definition) is 1. The Hall–Kier alpha value is -0.0800. The van der Waals surface area contributed by atoms with Crippen molar-refractivity contribution < 1.29 is 0 Å². The summed E-state index contributed by atoms with van der Waals surface area (Å²) in [5, 5.41) is 0. The SMILES string of the molecule is CC(C)CC1CCCC(N2CCCCC2CN)C1. The van der Waals surface area contributed by atoms with Gasteiger partial charge in [0.15, 0.2) is 0 Å². The maximum atomic E-state index is 5.97. The Bertz CT molecular complexity index is 239. The number of nitrogens with two attached hydrogens (primary N) is 1. The van der Waals surface area contributed by atoms with Gasteiger partial charge in [0.05, 0.1) is 0 Å². The lowest BCUT2D eigenvalue weighted by Crippen LogP contribution is -2.51. The second kappa shape index (κ2) is 6.91. The fourth-order valence-electron chi connectivity index (χ4n) is 4.20. The summed E-state index contributed by atoms with van der Waals surface area (Å²) in [6.45, 7) is 6.91. The van der Waals surface area contributed by atoms with Crippen LogP contribution in [0.1, 0.15) is 65.2 Å². The number of hydrogen-bond acceptors (Lipinski definition) is 2. The monoisotopic (exact) mass is 252 g/mol. The topological polar surface area (TPSA) is 29.3 Å². The van der Waals surface area contributed by atoms with Crippen molar-refractivity contribution in [1.82, 2.24) is 4.90 Å². The van der Waals surface area contributed by atoms with E-state index in [1.807, 2.05) is 0 Å². The van der Waals surface area contributed by atoms with Gasteiger partial charge in [0.2, 0.25) is 0 Å². The standard InChI is InChI=1S/C16H32N2/c1-13(2)10-14-6-5-8-15(11-14)18-9-4-3-7-16(18)12-17/h13-16H,3-12,17H2,1-2H3. The largest absolute Gasteiger partial charge is 0.329 e. The molecule has 106 valence electrons. The lowest BCUT2D eigenvalue weighted by atomic mass is 9.79. The third-order valence-corrected chi connectivity index (χ3v) is 4.97. The van der Waals surface area contributed by atoms with Crippen molar-refractivity contribution in [2.75, 3.05) is 13.1 Å². The predicted molar refractivity (Wildman–Crippen MR) is 78.6 cm³/mol. The van der Waals surface area contributed by atoms with E-state index >= 15 is 0 Å². The molecule has 0 aromatic heterocycles. The molecule has 1 heterocycles. The van der Waals surface area contributed by atoms with Crippen LogP contribution in [0, 0.1) is 11.8 Å². The predicted octanol–water partition coefficient (Wildman–Crippen LogP) is 3.40. The molecular weight excluding hydrogens is 220 g/mol. The summed E-state index contributed by atoms with van der Waals surface area (Å²) in [6, 6.07) is 1.53. The lowest BCUT2D eigenvalue weighted by molar-refractivity contribution is 0.0585. The van der Waals surface area contributed by atoms with Crippen LogP contribution in [-0.4, -0.2) is 30.1 Å². The lowest BCUT2D eigenvalue weighted by Gasteiger charge is -2.44.